The van der Waals surface area contributed by atoms with Gasteiger partial charge >= 0.3 is 0 Å². The van der Waals surface area contributed by atoms with Crippen LogP contribution in [0.1, 0.15) is 12.8 Å². The lowest BCUT2D eigenvalue weighted by molar-refractivity contribution is -0.0412. The van der Waals surface area contributed by atoms with Crippen LogP contribution in [0.3, 0.4) is 0 Å². The molecule has 1 saturated heterocycles. The van der Waals surface area contributed by atoms with Crippen LogP contribution in [0.5, 0.6) is 0 Å². The summed E-state index contributed by atoms with van der Waals surface area (Å²) in [4.78, 5) is 3.51. The third kappa shape index (κ3) is 3.34. The summed E-state index contributed by atoms with van der Waals surface area (Å²) in [6.07, 6.45) is -0.975. The average Bonchev–Trinajstić information content (AvgIpc) is 2.27. The van der Waals surface area contributed by atoms with Gasteiger partial charge in [0, 0.05) is 25.9 Å². The van der Waals surface area contributed by atoms with Gasteiger partial charge in [0.05, 0.1) is 4.90 Å². The molecule has 2 rings (SSSR count). The first kappa shape index (κ1) is 14.9. The highest BCUT2D eigenvalue weighted by atomic mass is 35.5. The van der Waals surface area contributed by atoms with Crippen LogP contribution in [0.25, 0.3) is 0 Å². The number of hydrogen-bond acceptors (Lipinski definition) is 3. The first-order chi connectivity index (χ1) is 8.71. The van der Waals surface area contributed by atoms with E-state index in [1.54, 1.807) is 0 Å². The fourth-order valence-electron chi connectivity index (χ4n) is 1.79. The van der Waals surface area contributed by atoms with E-state index in [0.29, 0.717) is 0 Å². The zero-order valence-corrected chi connectivity index (χ0v) is 11.9. The predicted molar refractivity (Wildman–Crippen MR) is 67.2 cm³/mol. The number of rotatable bonds is 2. The van der Waals surface area contributed by atoms with Gasteiger partial charge in [0.1, 0.15) is 10.3 Å². The van der Waals surface area contributed by atoms with Gasteiger partial charge < -0.3 is 0 Å². The summed E-state index contributed by atoms with van der Waals surface area (Å²) in [5, 5.41) is -0.123. The number of nitrogens with zero attached hydrogens (tertiary/aromatic N) is 2. The largest absolute Gasteiger partial charge is 0.250 e. The first-order valence-electron chi connectivity index (χ1n) is 5.42. The lowest BCUT2D eigenvalue weighted by Gasteiger charge is -2.30. The van der Waals surface area contributed by atoms with E-state index in [4.69, 9.17) is 23.2 Å². The van der Waals surface area contributed by atoms with E-state index < -0.39 is 28.8 Å². The van der Waals surface area contributed by atoms with Crippen molar-refractivity contribution < 1.29 is 17.2 Å². The summed E-state index contributed by atoms with van der Waals surface area (Å²) in [5.41, 5.74) is 0. The van der Waals surface area contributed by atoms with Crippen LogP contribution < -0.4 is 0 Å². The minimum atomic E-state index is -3.87. The van der Waals surface area contributed by atoms with Crippen molar-refractivity contribution in [1.29, 1.82) is 0 Å². The standard InChI is InChI=1S/C10H10Cl2F2N2O2S/c11-8-5-7(6-9(12)15-8)19(17,18)16-3-1-10(13,14)2-4-16/h5-6H,1-4H2. The quantitative estimate of drug-likeness (QED) is 0.783. The fraction of sp³-hybridized carbons (Fsp3) is 0.500. The smallest absolute Gasteiger partial charge is 0.224 e. The third-order valence-electron chi connectivity index (χ3n) is 2.83. The van der Waals surface area contributed by atoms with Gasteiger partial charge in [-0.15, -0.1) is 0 Å². The number of piperidine rings is 1. The molecular weight excluding hydrogens is 321 g/mol. The zero-order chi connectivity index (χ0) is 14.3. The fourth-order valence-corrected chi connectivity index (χ4v) is 3.87. The van der Waals surface area contributed by atoms with E-state index in [-0.39, 0.29) is 28.3 Å². The van der Waals surface area contributed by atoms with E-state index >= 15 is 0 Å². The molecule has 0 amide bonds. The van der Waals surface area contributed by atoms with Crippen LogP contribution in [-0.4, -0.2) is 36.7 Å². The molecule has 0 aromatic carbocycles. The van der Waals surface area contributed by atoms with Crippen molar-refractivity contribution in [2.24, 2.45) is 0 Å². The van der Waals surface area contributed by atoms with Crippen molar-refractivity contribution in [3.05, 3.63) is 22.4 Å². The Morgan fingerprint density at radius 3 is 2.11 bits per heavy atom. The van der Waals surface area contributed by atoms with Gasteiger partial charge in [-0.05, 0) is 12.1 Å². The average molecular weight is 331 g/mol. The highest BCUT2D eigenvalue weighted by Gasteiger charge is 2.38. The normalized spacial score (nSPS) is 20.4. The summed E-state index contributed by atoms with van der Waals surface area (Å²) in [6.45, 7) is -0.459. The Morgan fingerprint density at radius 2 is 1.63 bits per heavy atom. The molecule has 0 atom stereocenters. The van der Waals surface area contributed by atoms with Crippen molar-refractivity contribution in [2.45, 2.75) is 23.7 Å². The second-order valence-corrected chi connectivity index (χ2v) is 6.92. The minimum absolute atomic E-state index is 0.0617. The maximum atomic E-state index is 13.0. The maximum absolute atomic E-state index is 13.0. The predicted octanol–water partition coefficient (Wildman–Crippen LogP) is 2.81. The van der Waals surface area contributed by atoms with Gasteiger partial charge in [0.2, 0.25) is 10.0 Å². The van der Waals surface area contributed by atoms with Crippen molar-refractivity contribution in [2.75, 3.05) is 13.1 Å². The van der Waals surface area contributed by atoms with Gasteiger partial charge in [-0.3, -0.25) is 0 Å². The molecule has 0 aliphatic carbocycles. The number of aromatic nitrogens is 1. The molecule has 1 fully saturated rings. The Balaban J connectivity index is 2.28. The number of hydrogen-bond donors (Lipinski definition) is 0. The molecule has 0 N–H and O–H groups in total. The third-order valence-corrected chi connectivity index (χ3v) is 5.09. The molecule has 2 heterocycles. The van der Waals surface area contributed by atoms with Gasteiger partial charge in [0.25, 0.3) is 5.92 Å². The number of sulfonamides is 1. The Hall–Kier alpha value is -0.500. The second kappa shape index (κ2) is 5.12. The Labute approximate surface area is 119 Å². The maximum Gasteiger partial charge on any atom is 0.250 e. The van der Waals surface area contributed by atoms with Crippen LogP contribution in [0, 0.1) is 0 Å². The van der Waals surface area contributed by atoms with Crippen LogP contribution in [-0.2, 0) is 10.0 Å². The highest BCUT2D eigenvalue weighted by Crippen LogP contribution is 2.31. The SMILES string of the molecule is O=S(=O)(c1cc(Cl)nc(Cl)c1)N1CCC(F)(F)CC1. The second-order valence-electron chi connectivity index (χ2n) is 4.21. The van der Waals surface area contributed by atoms with Gasteiger partial charge in [-0.1, -0.05) is 23.2 Å². The van der Waals surface area contributed by atoms with E-state index in [2.05, 4.69) is 4.98 Å². The molecule has 1 aliphatic rings. The van der Waals surface area contributed by atoms with E-state index in [1.807, 2.05) is 0 Å². The Morgan fingerprint density at radius 1 is 1.16 bits per heavy atom. The van der Waals surface area contributed by atoms with Crippen molar-refractivity contribution in [3.63, 3.8) is 0 Å². The summed E-state index contributed by atoms with van der Waals surface area (Å²) in [7, 11) is -3.87. The minimum Gasteiger partial charge on any atom is -0.224 e. The number of alkyl halides is 2. The van der Waals surface area contributed by atoms with E-state index in [0.717, 1.165) is 16.4 Å². The highest BCUT2D eigenvalue weighted by molar-refractivity contribution is 7.89. The molecule has 0 radical (unpaired) electrons. The molecule has 0 spiro atoms. The monoisotopic (exact) mass is 330 g/mol. The Bertz CT molecular complexity index is 565. The van der Waals surface area contributed by atoms with Crippen molar-refractivity contribution in [3.8, 4) is 0 Å². The molecule has 106 valence electrons. The molecule has 9 heteroatoms. The number of pyridine rings is 1. The van der Waals surface area contributed by atoms with Crippen LogP contribution >= 0.6 is 23.2 Å². The molecule has 1 aromatic heterocycles. The molecule has 0 bridgehead atoms. The van der Waals surface area contributed by atoms with Crippen molar-refractivity contribution >= 4 is 33.2 Å². The molecule has 0 unspecified atom stereocenters. The van der Waals surface area contributed by atoms with E-state index in [1.165, 1.54) is 0 Å². The number of halogens is 4. The molecule has 19 heavy (non-hydrogen) atoms. The topological polar surface area (TPSA) is 50.3 Å². The molecule has 1 aliphatic heterocycles. The van der Waals surface area contributed by atoms with Crippen molar-refractivity contribution in [1.82, 2.24) is 9.29 Å². The lowest BCUT2D eigenvalue weighted by Crippen LogP contribution is -2.42. The van der Waals surface area contributed by atoms with Crippen LogP contribution in [0.4, 0.5) is 8.78 Å². The van der Waals surface area contributed by atoms with Gasteiger partial charge in [0.15, 0.2) is 0 Å². The Kier molecular flexibility index (Phi) is 4.02. The summed E-state index contributed by atoms with van der Waals surface area (Å²) >= 11 is 11.3. The molecular formula is C10H10Cl2F2N2O2S. The summed E-state index contributed by atoms with van der Waals surface area (Å²) < 4.78 is 51.5. The first-order valence-corrected chi connectivity index (χ1v) is 7.61. The summed E-state index contributed by atoms with van der Waals surface area (Å²) in [5.74, 6) is -2.81. The summed E-state index contributed by atoms with van der Waals surface area (Å²) in [6, 6.07) is 2.30. The van der Waals surface area contributed by atoms with Crippen LogP contribution in [0.15, 0.2) is 17.0 Å². The van der Waals surface area contributed by atoms with E-state index in [9.17, 15) is 17.2 Å². The molecule has 1 aromatic rings. The van der Waals surface area contributed by atoms with Gasteiger partial charge in [-0.2, -0.15) is 4.31 Å². The van der Waals surface area contributed by atoms with Crippen LogP contribution in [0.2, 0.25) is 10.3 Å². The molecule has 0 saturated carbocycles. The lowest BCUT2D eigenvalue weighted by atomic mass is 10.1. The zero-order valence-electron chi connectivity index (χ0n) is 9.61. The van der Waals surface area contributed by atoms with Gasteiger partial charge in [-0.25, -0.2) is 22.2 Å². The molecule has 4 nitrogen and oxygen atoms in total.